The SMILES string of the molecule is CS(=O)(=O)N1CC[C@@]2(CN)CCC[C@@H]12. The second-order valence-electron chi connectivity index (χ2n) is 4.60. The van der Waals surface area contributed by atoms with Crippen molar-refractivity contribution in [2.45, 2.75) is 31.7 Å². The number of hydrogen-bond acceptors (Lipinski definition) is 3. The fourth-order valence-electron chi connectivity index (χ4n) is 3.09. The van der Waals surface area contributed by atoms with Crippen LogP contribution >= 0.6 is 0 Å². The van der Waals surface area contributed by atoms with Gasteiger partial charge in [-0.25, -0.2) is 8.42 Å². The Morgan fingerprint density at radius 2 is 2.21 bits per heavy atom. The Bertz CT molecular complexity index is 328. The molecular weight excluding hydrogens is 200 g/mol. The van der Waals surface area contributed by atoms with Crippen LogP contribution in [0.4, 0.5) is 0 Å². The molecule has 0 aromatic carbocycles. The first-order valence-electron chi connectivity index (χ1n) is 5.16. The van der Waals surface area contributed by atoms with Gasteiger partial charge in [0.1, 0.15) is 0 Å². The normalized spacial score (nSPS) is 38.9. The van der Waals surface area contributed by atoms with Crippen LogP contribution in [0, 0.1) is 5.41 Å². The lowest BCUT2D eigenvalue weighted by atomic mass is 9.83. The standard InChI is InChI=1S/C9H18N2O2S/c1-14(12,13)11-6-5-9(7-10)4-2-3-8(9)11/h8H,2-7,10H2,1H3/t8-,9-/m1/s1. The van der Waals surface area contributed by atoms with Gasteiger partial charge < -0.3 is 5.73 Å². The monoisotopic (exact) mass is 218 g/mol. The molecule has 1 saturated carbocycles. The van der Waals surface area contributed by atoms with Crippen LogP contribution in [0.1, 0.15) is 25.7 Å². The summed E-state index contributed by atoms with van der Waals surface area (Å²) in [4.78, 5) is 0. The van der Waals surface area contributed by atoms with Crippen molar-refractivity contribution in [1.82, 2.24) is 4.31 Å². The summed E-state index contributed by atoms with van der Waals surface area (Å²) >= 11 is 0. The second kappa shape index (κ2) is 3.18. The highest BCUT2D eigenvalue weighted by molar-refractivity contribution is 7.88. The molecule has 2 aliphatic rings. The van der Waals surface area contributed by atoms with Gasteiger partial charge in [-0.05, 0) is 25.8 Å². The molecule has 0 bridgehead atoms. The summed E-state index contributed by atoms with van der Waals surface area (Å²) in [7, 11) is -3.03. The molecule has 0 unspecified atom stereocenters. The molecule has 2 rings (SSSR count). The van der Waals surface area contributed by atoms with E-state index in [9.17, 15) is 8.42 Å². The van der Waals surface area contributed by atoms with Crippen LogP contribution in [-0.2, 0) is 10.0 Å². The first-order chi connectivity index (χ1) is 6.49. The number of nitrogens with two attached hydrogens (primary N) is 1. The topological polar surface area (TPSA) is 63.4 Å². The summed E-state index contributed by atoms with van der Waals surface area (Å²) < 4.78 is 24.7. The van der Waals surface area contributed by atoms with Crippen LogP contribution in [0.3, 0.4) is 0 Å². The van der Waals surface area contributed by atoms with Gasteiger partial charge in [0.05, 0.1) is 6.26 Å². The Hall–Kier alpha value is -0.130. The third kappa shape index (κ3) is 1.38. The maximum atomic E-state index is 11.5. The van der Waals surface area contributed by atoms with E-state index in [0.717, 1.165) is 25.7 Å². The van der Waals surface area contributed by atoms with Crippen LogP contribution in [-0.4, -0.2) is 38.1 Å². The molecule has 1 heterocycles. The van der Waals surface area contributed by atoms with Crippen molar-refractivity contribution < 1.29 is 8.42 Å². The van der Waals surface area contributed by atoms with Crippen LogP contribution < -0.4 is 5.73 Å². The fraction of sp³-hybridized carbons (Fsp3) is 1.00. The average molecular weight is 218 g/mol. The Balaban J connectivity index is 2.28. The molecule has 0 radical (unpaired) electrons. The Morgan fingerprint density at radius 1 is 1.50 bits per heavy atom. The van der Waals surface area contributed by atoms with Gasteiger partial charge in [0, 0.05) is 18.0 Å². The lowest BCUT2D eigenvalue weighted by Gasteiger charge is -2.29. The van der Waals surface area contributed by atoms with Crippen LogP contribution in [0.5, 0.6) is 0 Å². The summed E-state index contributed by atoms with van der Waals surface area (Å²) in [6, 6.07) is 0.183. The minimum Gasteiger partial charge on any atom is -0.330 e. The summed E-state index contributed by atoms with van der Waals surface area (Å²) in [6.45, 7) is 1.30. The van der Waals surface area contributed by atoms with Gasteiger partial charge in [-0.1, -0.05) is 6.42 Å². The molecule has 2 fully saturated rings. The summed E-state index contributed by atoms with van der Waals surface area (Å²) in [5, 5.41) is 0. The van der Waals surface area contributed by atoms with Crippen molar-refractivity contribution in [3.63, 3.8) is 0 Å². The molecule has 1 aliphatic heterocycles. The maximum absolute atomic E-state index is 11.5. The first kappa shape index (κ1) is 10.4. The third-order valence-corrected chi connectivity index (χ3v) is 5.16. The molecule has 2 N–H and O–H groups in total. The molecule has 0 spiro atoms. The molecule has 14 heavy (non-hydrogen) atoms. The Morgan fingerprint density at radius 3 is 2.79 bits per heavy atom. The first-order valence-corrected chi connectivity index (χ1v) is 7.01. The van der Waals surface area contributed by atoms with Crippen molar-refractivity contribution in [3.8, 4) is 0 Å². The van der Waals surface area contributed by atoms with E-state index in [-0.39, 0.29) is 11.5 Å². The molecule has 2 atom stereocenters. The number of fused-ring (bicyclic) bond motifs is 1. The van der Waals surface area contributed by atoms with Crippen molar-refractivity contribution in [2.24, 2.45) is 11.1 Å². The lowest BCUT2D eigenvalue weighted by molar-refractivity contribution is 0.257. The van der Waals surface area contributed by atoms with Crippen molar-refractivity contribution in [3.05, 3.63) is 0 Å². The number of hydrogen-bond donors (Lipinski definition) is 1. The highest BCUT2D eigenvalue weighted by atomic mass is 32.2. The predicted molar refractivity (Wildman–Crippen MR) is 55.3 cm³/mol. The van der Waals surface area contributed by atoms with Crippen LogP contribution in [0.2, 0.25) is 0 Å². The fourth-order valence-corrected chi connectivity index (χ4v) is 4.30. The van der Waals surface area contributed by atoms with E-state index >= 15 is 0 Å². The highest BCUT2D eigenvalue weighted by Gasteiger charge is 2.51. The summed E-state index contributed by atoms with van der Waals surface area (Å²) in [6.07, 6.45) is 5.46. The van der Waals surface area contributed by atoms with E-state index in [0.29, 0.717) is 13.1 Å². The molecule has 1 aliphatic carbocycles. The van der Waals surface area contributed by atoms with Crippen molar-refractivity contribution in [1.29, 1.82) is 0 Å². The summed E-state index contributed by atoms with van der Waals surface area (Å²) in [5.41, 5.74) is 5.89. The molecule has 0 aromatic rings. The minimum atomic E-state index is -3.03. The van der Waals surface area contributed by atoms with E-state index in [1.54, 1.807) is 4.31 Å². The van der Waals surface area contributed by atoms with E-state index in [2.05, 4.69) is 0 Å². The second-order valence-corrected chi connectivity index (χ2v) is 6.53. The largest absolute Gasteiger partial charge is 0.330 e. The van der Waals surface area contributed by atoms with Crippen molar-refractivity contribution >= 4 is 10.0 Å². The third-order valence-electron chi connectivity index (χ3n) is 3.87. The molecular formula is C9H18N2O2S. The van der Waals surface area contributed by atoms with Gasteiger partial charge in [0.25, 0.3) is 0 Å². The quantitative estimate of drug-likeness (QED) is 0.717. The van der Waals surface area contributed by atoms with Crippen LogP contribution in [0.15, 0.2) is 0 Å². The van der Waals surface area contributed by atoms with Gasteiger partial charge in [-0.15, -0.1) is 0 Å². The predicted octanol–water partition coefficient (Wildman–Crippen LogP) is 0.149. The molecule has 82 valence electrons. The highest BCUT2D eigenvalue weighted by Crippen LogP contribution is 2.48. The number of nitrogens with zero attached hydrogens (tertiary/aromatic N) is 1. The molecule has 5 heteroatoms. The van der Waals surface area contributed by atoms with Crippen molar-refractivity contribution in [2.75, 3.05) is 19.3 Å². The van der Waals surface area contributed by atoms with Gasteiger partial charge in [0.2, 0.25) is 10.0 Å². The number of rotatable bonds is 2. The average Bonchev–Trinajstić information content (AvgIpc) is 2.57. The molecule has 0 aromatic heterocycles. The Kier molecular flexibility index (Phi) is 2.36. The van der Waals surface area contributed by atoms with Gasteiger partial charge in [0.15, 0.2) is 0 Å². The zero-order valence-electron chi connectivity index (χ0n) is 8.57. The van der Waals surface area contributed by atoms with E-state index < -0.39 is 10.0 Å². The minimum absolute atomic E-state index is 0.100. The van der Waals surface area contributed by atoms with E-state index in [1.807, 2.05) is 0 Å². The van der Waals surface area contributed by atoms with Gasteiger partial charge in [-0.3, -0.25) is 0 Å². The molecule has 1 saturated heterocycles. The van der Waals surface area contributed by atoms with E-state index in [1.165, 1.54) is 6.26 Å². The Labute approximate surface area is 85.5 Å². The van der Waals surface area contributed by atoms with Crippen LogP contribution in [0.25, 0.3) is 0 Å². The van der Waals surface area contributed by atoms with E-state index in [4.69, 9.17) is 5.73 Å². The summed E-state index contributed by atoms with van der Waals surface area (Å²) in [5.74, 6) is 0. The molecule has 0 amide bonds. The lowest BCUT2D eigenvalue weighted by Crippen LogP contribution is -2.42. The maximum Gasteiger partial charge on any atom is 0.211 e. The smallest absolute Gasteiger partial charge is 0.211 e. The number of sulfonamides is 1. The zero-order valence-corrected chi connectivity index (χ0v) is 9.39. The zero-order chi connectivity index (χ0) is 10.4. The van der Waals surface area contributed by atoms with Gasteiger partial charge >= 0.3 is 0 Å². The van der Waals surface area contributed by atoms with Gasteiger partial charge in [-0.2, -0.15) is 4.31 Å². The molecule has 4 nitrogen and oxygen atoms in total.